The van der Waals surface area contributed by atoms with E-state index >= 15 is 0 Å². The average Bonchev–Trinajstić information content (AvgIpc) is 3.41. The molecule has 0 saturated heterocycles. The first kappa shape index (κ1) is 29.6. The van der Waals surface area contributed by atoms with Gasteiger partial charge in [-0.05, 0) is 74.0 Å². The highest BCUT2D eigenvalue weighted by Gasteiger charge is 2.27. The van der Waals surface area contributed by atoms with E-state index in [1.54, 1.807) is 85.8 Å². The molecule has 0 spiro atoms. The molecule has 0 atom stereocenters. The molecule has 0 aliphatic carbocycles. The molecule has 0 bridgehead atoms. The van der Waals surface area contributed by atoms with Crippen LogP contribution in [0.1, 0.15) is 34.3 Å². The minimum atomic E-state index is -3.98. The van der Waals surface area contributed by atoms with Gasteiger partial charge in [-0.15, -0.1) is 0 Å². The highest BCUT2D eigenvalue weighted by atomic mass is 32.2. The van der Waals surface area contributed by atoms with Gasteiger partial charge in [-0.1, -0.05) is 54.6 Å². The molecule has 9 heteroatoms. The van der Waals surface area contributed by atoms with Crippen molar-refractivity contribution in [2.75, 3.05) is 17.5 Å². The Morgan fingerprint density at radius 3 is 2.21 bits per heavy atom. The lowest BCUT2D eigenvalue weighted by Gasteiger charge is -2.26. The van der Waals surface area contributed by atoms with E-state index in [0.29, 0.717) is 41.5 Å². The molecule has 220 valence electrons. The van der Waals surface area contributed by atoms with E-state index in [1.807, 2.05) is 37.3 Å². The summed E-state index contributed by atoms with van der Waals surface area (Å²) in [5.41, 5.74) is 2.99. The van der Waals surface area contributed by atoms with Crippen LogP contribution in [0.5, 0.6) is 5.75 Å². The molecule has 0 fully saturated rings. The maximum atomic E-state index is 13.9. The van der Waals surface area contributed by atoms with Gasteiger partial charge in [-0.25, -0.2) is 18.2 Å². The molecule has 43 heavy (non-hydrogen) atoms. The van der Waals surface area contributed by atoms with Gasteiger partial charge < -0.3 is 13.9 Å². The summed E-state index contributed by atoms with van der Waals surface area (Å²) in [6.07, 6.45) is 0.545. The fourth-order valence-corrected chi connectivity index (χ4v) is 6.06. The normalized spacial score (nSPS) is 11.2. The van der Waals surface area contributed by atoms with E-state index in [-0.39, 0.29) is 18.0 Å². The summed E-state index contributed by atoms with van der Waals surface area (Å²) in [7, 11) is -3.98. The Kier molecular flexibility index (Phi) is 9.22. The molecule has 5 aromatic rings. The Labute approximate surface area is 251 Å². The highest BCUT2D eigenvalue weighted by molar-refractivity contribution is 7.92. The van der Waals surface area contributed by atoms with Gasteiger partial charge in [-0.2, -0.15) is 0 Å². The number of carbonyl (C=O) groups is 1. The molecule has 0 aliphatic rings. The third-order valence-corrected chi connectivity index (χ3v) is 8.59. The molecular weight excluding hydrogens is 564 g/mol. The minimum Gasteiger partial charge on any atom is -0.493 e. The SMILES string of the molecule is CCOC(=O)c1ccccc1CN(c1ccc(OCCc2nc(-c3ccccc3)oc2C)cc1)S(=O)(=O)c1ccccc1. The van der Waals surface area contributed by atoms with E-state index in [0.717, 1.165) is 17.0 Å². The van der Waals surface area contributed by atoms with Crippen LogP contribution in [0.3, 0.4) is 0 Å². The third kappa shape index (κ3) is 6.95. The van der Waals surface area contributed by atoms with Crippen molar-refractivity contribution in [1.29, 1.82) is 0 Å². The standard InChI is InChI=1S/C34H32N2O6S/c1-3-40-34(37)31-17-11-10-14-27(31)24-36(43(38,39)30-15-8-5-9-16-30)28-18-20-29(21-19-28)41-23-22-32-25(2)42-33(35-32)26-12-6-4-7-13-26/h4-21H,3,22-24H2,1-2H3. The monoisotopic (exact) mass is 596 g/mol. The van der Waals surface area contributed by atoms with Gasteiger partial charge in [0.1, 0.15) is 11.5 Å². The second-order valence-corrected chi connectivity index (χ2v) is 11.5. The summed E-state index contributed by atoms with van der Waals surface area (Å²) in [4.78, 5) is 17.4. The number of aryl methyl sites for hydroxylation is 1. The van der Waals surface area contributed by atoms with E-state index in [4.69, 9.17) is 13.9 Å². The molecule has 1 heterocycles. The number of anilines is 1. The van der Waals surface area contributed by atoms with Crippen LogP contribution in [0.2, 0.25) is 0 Å². The van der Waals surface area contributed by atoms with Crippen molar-refractivity contribution in [1.82, 2.24) is 4.98 Å². The van der Waals surface area contributed by atoms with Gasteiger partial charge in [-0.3, -0.25) is 4.31 Å². The lowest BCUT2D eigenvalue weighted by molar-refractivity contribution is 0.0525. The molecule has 0 saturated carbocycles. The number of ether oxygens (including phenoxy) is 2. The highest BCUT2D eigenvalue weighted by Crippen LogP contribution is 2.29. The lowest BCUT2D eigenvalue weighted by atomic mass is 10.1. The van der Waals surface area contributed by atoms with Crippen LogP contribution in [0.4, 0.5) is 5.69 Å². The van der Waals surface area contributed by atoms with Gasteiger partial charge in [0.2, 0.25) is 5.89 Å². The average molecular weight is 597 g/mol. The van der Waals surface area contributed by atoms with Crippen molar-refractivity contribution in [3.8, 4) is 17.2 Å². The van der Waals surface area contributed by atoms with Gasteiger partial charge in [0, 0.05) is 12.0 Å². The molecule has 0 unspecified atom stereocenters. The molecular formula is C34H32N2O6S. The summed E-state index contributed by atoms with van der Waals surface area (Å²) in [6, 6.07) is 31.6. The summed E-state index contributed by atoms with van der Waals surface area (Å²) in [6.45, 7) is 4.11. The number of oxazole rings is 1. The molecule has 1 aromatic heterocycles. The van der Waals surface area contributed by atoms with Gasteiger partial charge in [0.15, 0.2) is 0 Å². The van der Waals surface area contributed by atoms with Gasteiger partial charge in [0.25, 0.3) is 10.0 Å². The van der Waals surface area contributed by atoms with Gasteiger partial charge >= 0.3 is 5.97 Å². The van der Waals surface area contributed by atoms with Gasteiger partial charge in [0.05, 0.1) is 41.6 Å². The van der Waals surface area contributed by atoms with Crippen LogP contribution in [0, 0.1) is 6.92 Å². The van der Waals surface area contributed by atoms with Crippen LogP contribution in [0.25, 0.3) is 11.5 Å². The van der Waals surface area contributed by atoms with Crippen molar-refractivity contribution < 1.29 is 27.1 Å². The maximum absolute atomic E-state index is 13.9. The lowest BCUT2D eigenvalue weighted by Crippen LogP contribution is -2.31. The van der Waals surface area contributed by atoms with Crippen LogP contribution in [-0.2, 0) is 27.7 Å². The topological polar surface area (TPSA) is 98.9 Å². The number of sulfonamides is 1. The maximum Gasteiger partial charge on any atom is 0.338 e. The first-order chi connectivity index (χ1) is 20.9. The summed E-state index contributed by atoms with van der Waals surface area (Å²) in [5.74, 6) is 1.39. The van der Waals surface area contributed by atoms with Crippen molar-refractivity contribution >= 4 is 21.7 Å². The molecule has 8 nitrogen and oxygen atoms in total. The predicted molar refractivity (Wildman–Crippen MR) is 165 cm³/mol. The predicted octanol–water partition coefficient (Wildman–Crippen LogP) is 6.84. The van der Waals surface area contributed by atoms with E-state index in [9.17, 15) is 13.2 Å². The van der Waals surface area contributed by atoms with Crippen LogP contribution < -0.4 is 9.04 Å². The Bertz CT molecular complexity index is 1770. The number of esters is 1. The number of carbonyl (C=O) groups excluding carboxylic acids is 1. The first-order valence-electron chi connectivity index (χ1n) is 13.9. The largest absolute Gasteiger partial charge is 0.493 e. The van der Waals surface area contributed by atoms with Crippen LogP contribution in [-0.4, -0.2) is 32.6 Å². The van der Waals surface area contributed by atoms with Crippen molar-refractivity contribution in [2.45, 2.75) is 31.7 Å². The Hall–Kier alpha value is -4.89. The Morgan fingerprint density at radius 2 is 1.51 bits per heavy atom. The van der Waals surface area contributed by atoms with Crippen molar-refractivity contribution in [3.05, 3.63) is 132 Å². The molecule has 0 N–H and O–H groups in total. The van der Waals surface area contributed by atoms with Crippen LogP contribution in [0.15, 0.2) is 119 Å². The van der Waals surface area contributed by atoms with E-state index in [2.05, 4.69) is 4.98 Å². The Morgan fingerprint density at radius 1 is 0.860 bits per heavy atom. The minimum absolute atomic E-state index is 0.0679. The van der Waals surface area contributed by atoms with Crippen LogP contribution >= 0.6 is 0 Å². The molecule has 0 aliphatic heterocycles. The second kappa shape index (κ2) is 13.4. The fraction of sp³-hybridized carbons (Fsp3) is 0.176. The van der Waals surface area contributed by atoms with E-state index in [1.165, 1.54) is 4.31 Å². The number of aromatic nitrogens is 1. The zero-order valence-electron chi connectivity index (χ0n) is 24.0. The van der Waals surface area contributed by atoms with E-state index < -0.39 is 16.0 Å². The van der Waals surface area contributed by atoms with Crippen molar-refractivity contribution in [3.63, 3.8) is 0 Å². The zero-order chi connectivity index (χ0) is 30.2. The number of hydrogen-bond acceptors (Lipinski definition) is 7. The molecule has 5 rings (SSSR count). The number of nitrogens with zero attached hydrogens (tertiary/aromatic N) is 2. The quantitative estimate of drug-likeness (QED) is 0.145. The Balaban J connectivity index is 1.35. The number of benzene rings is 4. The summed E-state index contributed by atoms with van der Waals surface area (Å²) in [5, 5.41) is 0. The second-order valence-electron chi connectivity index (χ2n) is 9.68. The summed E-state index contributed by atoms with van der Waals surface area (Å²) >= 11 is 0. The fourth-order valence-electron chi connectivity index (χ4n) is 4.59. The van der Waals surface area contributed by atoms with Crippen molar-refractivity contribution in [2.24, 2.45) is 0 Å². The zero-order valence-corrected chi connectivity index (χ0v) is 24.8. The number of rotatable bonds is 12. The summed E-state index contributed by atoms with van der Waals surface area (Å²) < 4.78 is 46.0. The molecule has 0 radical (unpaired) electrons. The molecule has 4 aromatic carbocycles. The first-order valence-corrected chi connectivity index (χ1v) is 15.4. The smallest absolute Gasteiger partial charge is 0.338 e. The third-order valence-electron chi connectivity index (χ3n) is 6.80. The number of hydrogen-bond donors (Lipinski definition) is 0. The molecule has 0 amide bonds.